The number of halogens is 1. The normalized spacial score (nSPS) is 12.7. The van der Waals surface area contributed by atoms with Gasteiger partial charge >= 0.3 is 6.08 Å². The zero-order valence-corrected chi connectivity index (χ0v) is 27.9. The molecular weight excluding hydrogens is 768 g/mol. The summed E-state index contributed by atoms with van der Waals surface area (Å²) in [6, 6.07) is 9.40. The van der Waals surface area contributed by atoms with Gasteiger partial charge in [0.25, 0.3) is 40.5 Å². The molecule has 0 saturated carbocycles. The molecule has 4 aromatic carbocycles. The Balaban J connectivity index is 1.53. The van der Waals surface area contributed by atoms with Crippen molar-refractivity contribution >= 4 is 91.6 Å². The zero-order valence-electron chi connectivity index (χ0n) is 24.6. The van der Waals surface area contributed by atoms with Crippen molar-refractivity contribution in [3.63, 3.8) is 0 Å². The molecule has 0 aliphatic heterocycles. The number of fused-ring (bicyclic) bond motifs is 1. The predicted octanol–water partition coefficient (Wildman–Crippen LogP) is 3.34. The second-order valence-electron chi connectivity index (χ2n) is 9.99. The van der Waals surface area contributed by atoms with Crippen LogP contribution in [0.25, 0.3) is 10.8 Å². The Bertz CT molecular complexity index is 2750. The van der Waals surface area contributed by atoms with Crippen LogP contribution in [0.4, 0.5) is 44.7 Å². The highest BCUT2D eigenvalue weighted by Crippen LogP contribution is 2.43. The van der Waals surface area contributed by atoms with E-state index in [1.54, 1.807) is 0 Å². The Morgan fingerprint density at radius 2 is 1.24 bits per heavy atom. The van der Waals surface area contributed by atoms with Crippen molar-refractivity contribution in [2.75, 3.05) is 16.4 Å². The van der Waals surface area contributed by atoms with E-state index in [4.69, 9.17) is 5.73 Å². The average Bonchev–Trinajstić information content (AvgIpc) is 2.98. The number of nitrogens with zero attached hydrogens (tertiary/aromatic N) is 5. The lowest BCUT2D eigenvalue weighted by atomic mass is 10.1. The van der Waals surface area contributed by atoms with Crippen molar-refractivity contribution < 1.29 is 61.4 Å². The van der Waals surface area contributed by atoms with E-state index in [1.165, 1.54) is 12.1 Å². The number of hydrogen-bond acceptors (Lipinski definition) is 17. The number of rotatable bonds is 10. The number of nitrogens with two attached hydrogens (primary N) is 1. The van der Waals surface area contributed by atoms with Crippen LogP contribution in [0, 0.1) is 6.08 Å². The van der Waals surface area contributed by atoms with Gasteiger partial charge in [0.2, 0.25) is 11.9 Å². The summed E-state index contributed by atoms with van der Waals surface area (Å²) in [5.74, 6) is -1.88. The van der Waals surface area contributed by atoms with E-state index in [1.807, 2.05) is 0 Å². The van der Waals surface area contributed by atoms with Gasteiger partial charge in [0.05, 0.1) is 15.5 Å². The number of nitrogens with one attached hydrogen (secondary N) is 2. The van der Waals surface area contributed by atoms with Crippen LogP contribution in [-0.4, -0.2) is 71.9 Å². The fraction of sp³-hybridized carbons (Fsp3) is 0. The topological polar surface area (TPSA) is 351 Å². The fourth-order valence-electron chi connectivity index (χ4n) is 4.38. The van der Waals surface area contributed by atoms with E-state index < -0.39 is 106 Å². The minimum Gasteiger partial charge on any atom is -0.507 e. The summed E-state index contributed by atoms with van der Waals surface area (Å²) in [4.78, 5) is 7.31. The Labute approximate surface area is 285 Å². The molecule has 0 fully saturated rings. The number of hydrogen-bond donors (Lipinski definition) is 8. The number of benzene rings is 4. The van der Waals surface area contributed by atoms with Gasteiger partial charge in [-0.1, -0.05) is 6.07 Å². The van der Waals surface area contributed by atoms with Gasteiger partial charge in [-0.3, -0.25) is 18.2 Å². The van der Waals surface area contributed by atoms with Crippen LogP contribution in [0.2, 0.25) is 0 Å². The second-order valence-corrected chi connectivity index (χ2v) is 15.6. The van der Waals surface area contributed by atoms with Crippen molar-refractivity contribution in [3.8, 4) is 5.75 Å². The molecule has 0 bridgehead atoms. The number of anilines is 5. The number of phenolic OH excluding ortho intramolecular Hbond substituents is 1. The van der Waals surface area contributed by atoms with Crippen molar-refractivity contribution in [2.45, 2.75) is 19.6 Å². The van der Waals surface area contributed by atoms with Crippen LogP contribution in [0.15, 0.2) is 90.5 Å². The molecule has 5 aromatic rings. The molecule has 0 radical (unpaired) electrons. The monoisotopic (exact) mass is 786 g/mol. The third kappa shape index (κ3) is 8.29. The van der Waals surface area contributed by atoms with E-state index in [0.29, 0.717) is 12.1 Å². The quantitative estimate of drug-likeness (QED) is 0.0571. The van der Waals surface area contributed by atoms with Gasteiger partial charge in [0, 0.05) is 22.8 Å². The van der Waals surface area contributed by atoms with E-state index >= 15 is 0 Å². The lowest BCUT2D eigenvalue weighted by Gasteiger charge is -2.12. The molecule has 9 N–H and O–H groups in total. The summed E-state index contributed by atoms with van der Waals surface area (Å²) >= 11 is 0. The molecule has 21 nitrogen and oxygen atoms in total. The summed E-state index contributed by atoms with van der Waals surface area (Å²) in [5.41, 5.74) is 3.59. The number of phenols is 1. The molecular formula is C25H19FN8O13S4. The SMILES string of the molecule is Nc1c(N=Nc2ccc(Nc3nc(F)nc(Nc4cccc(S(=O)(=O)O)c4)n3)cc2S(=O)(=O)O)c(S(=O)(=O)O)cc2cc(S(=O)(=O)O)cc(O)c12. The average molecular weight is 787 g/mol. The van der Waals surface area contributed by atoms with Gasteiger partial charge in [-0.15, -0.1) is 10.2 Å². The molecule has 5 rings (SSSR count). The first-order valence-corrected chi connectivity index (χ1v) is 18.9. The standard InChI is InChI=1S/C25H19FN8O13S4/c26-23-30-24(28-12-2-1-3-14(8-12)48(36,37)38)32-25(31-23)29-13-4-5-16(18(9-13)50(42,43)44)33-34-22-19(51(45,46)47)7-11-6-15(49(39,40)41)10-17(35)20(11)21(22)27/h1-10,35H,27H2,(H,36,37,38)(H,39,40,41)(H,42,43,44)(H,45,46,47)(H2,28,29,30,31,32). The molecule has 0 amide bonds. The highest BCUT2D eigenvalue weighted by molar-refractivity contribution is 7.86. The zero-order chi connectivity index (χ0) is 37.7. The smallest absolute Gasteiger partial charge is 0.315 e. The predicted molar refractivity (Wildman–Crippen MR) is 173 cm³/mol. The van der Waals surface area contributed by atoms with Gasteiger partial charge in [-0.25, -0.2) is 0 Å². The van der Waals surface area contributed by atoms with Crippen LogP contribution < -0.4 is 16.4 Å². The summed E-state index contributed by atoms with van der Waals surface area (Å²) in [6.07, 6.45) is -1.36. The minimum atomic E-state index is -5.23. The Hall–Kier alpha value is -5.48. The van der Waals surface area contributed by atoms with E-state index in [-0.39, 0.29) is 16.8 Å². The third-order valence-corrected chi connectivity index (χ3v) is 9.92. The van der Waals surface area contributed by atoms with Gasteiger partial charge in [0.15, 0.2) is 0 Å². The Morgan fingerprint density at radius 1 is 0.647 bits per heavy atom. The Kier molecular flexibility index (Phi) is 9.38. The maximum Gasteiger partial charge on any atom is 0.315 e. The van der Waals surface area contributed by atoms with Crippen molar-refractivity contribution in [1.82, 2.24) is 15.0 Å². The first-order chi connectivity index (χ1) is 23.5. The van der Waals surface area contributed by atoms with Gasteiger partial charge in [-0.2, -0.15) is 53.0 Å². The molecule has 51 heavy (non-hydrogen) atoms. The molecule has 1 aromatic heterocycles. The summed E-state index contributed by atoms with van der Waals surface area (Å²) < 4.78 is 148. The molecule has 0 aliphatic carbocycles. The summed E-state index contributed by atoms with van der Waals surface area (Å²) in [5, 5.41) is 21.8. The van der Waals surface area contributed by atoms with Gasteiger partial charge in [-0.05, 0) is 53.9 Å². The lowest BCUT2D eigenvalue weighted by Crippen LogP contribution is -2.07. The fourth-order valence-corrected chi connectivity index (χ4v) is 6.76. The van der Waals surface area contributed by atoms with Gasteiger partial charge in [0.1, 0.15) is 26.9 Å². The minimum absolute atomic E-state index is 0.00678. The van der Waals surface area contributed by atoms with Crippen LogP contribution in [-0.2, 0) is 40.5 Å². The van der Waals surface area contributed by atoms with E-state index in [9.17, 15) is 61.4 Å². The molecule has 268 valence electrons. The van der Waals surface area contributed by atoms with Crippen LogP contribution in [0.3, 0.4) is 0 Å². The van der Waals surface area contributed by atoms with Crippen molar-refractivity contribution in [1.29, 1.82) is 0 Å². The lowest BCUT2D eigenvalue weighted by molar-refractivity contribution is 0.471. The van der Waals surface area contributed by atoms with E-state index in [2.05, 4.69) is 35.8 Å². The van der Waals surface area contributed by atoms with Crippen molar-refractivity contribution in [3.05, 3.63) is 66.7 Å². The number of aromatic nitrogens is 3. The maximum atomic E-state index is 14.3. The second kappa shape index (κ2) is 13.0. The first kappa shape index (κ1) is 36.8. The molecule has 0 atom stereocenters. The largest absolute Gasteiger partial charge is 0.507 e. The number of azo groups is 1. The van der Waals surface area contributed by atoms with Crippen molar-refractivity contribution in [2.24, 2.45) is 10.2 Å². The summed E-state index contributed by atoms with van der Waals surface area (Å²) in [6.45, 7) is 0. The highest BCUT2D eigenvalue weighted by atomic mass is 32.2. The van der Waals surface area contributed by atoms with Gasteiger partial charge < -0.3 is 21.5 Å². The molecule has 0 unspecified atom stereocenters. The molecule has 1 heterocycles. The Morgan fingerprint density at radius 3 is 1.80 bits per heavy atom. The van der Waals surface area contributed by atoms with E-state index in [0.717, 1.165) is 36.4 Å². The summed E-state index contributed by atoms with van der Waals surface area (Å²) in [7, 11) is -19.9. The van der Waals surface area contributed by atoms with Crippen LogP contribution in [0.5, 0.6) is 5.75 Å². The molecule has 26 heteroatoms. The maximum absolute atomic E-state index is 14.3. The molecule has 0 saturated heterocycles. The van der Waals surface area contributed by atoms with Crippen LogP contribution in [0.1, 0.15) is 0 Å². The number of aromatic hydroxyl groups is 1. The highest BCUT2D eigenvalue weighted by Gasteiger charge is 2.25. The van der Waals surface area contributed by atoms with Crippen LogP contribution >= 0.6 is 0 Å². The molecule has 0 spiro atoms. The number of nitrogen functional groups attached to an aromatic ring is 1. The third-order valence-electron chi connectivity index (χ3n) is 6.49. The first-order valence-electron chi connectivity index (χ1n) is 13.1. The molecule has 0 aliphatic rings.